The van der Waals surface area contributed by atoms with Crippen LogP contribution in [0.5, 0.6) is 0 Å². The Morgan fingerprint density at radius 2 is 2.15 bits per heavy atom. The summed E-state index contributed by atoms with van der Waals surface area (Å²) >= 11 is 0. The van der Waals surface area contributed by atoms with Gasteiger partial charge in [-0.1, -0.05) is 12.5 Å². The fraction of sp³-hybridized carbons (Fsp3) is 0.647. The van der Waals surface area contributed by atoms with Crippen molar-refractivity contribution in [1.82, 2.24) is 10.2 Å². The van der Waals surface area contributed by atoms with Gasteiger partial charge in [-0.25, -0.2) is 4.39 Å². The molecule has 0 saturated carbocycles. The number of nitrogens with one attached hydrogen (secondary N) is 1. The molecule has 2 unspecified atom stereocenters. The highest BCUT2D eigenvalue weighted by Gasteiger charge is 2.31. The molecular weight excluding hydrogens is 251 g/mol. The number of rotatable bonds is 3. The summed E-state index contributed by atoms with van der Waals surface area (Å²) in [5, 5.41) is 3.65. The molecule has 2 saturated heterocycles. The first-order valence-corrected chi connectivity index (χ1v) is 7.96. The Kier molecular flexibility index (Phi) is 4.37. The predicted octanol–water partition coefficient (Wildman–Crippen LogP) is 3.24. The standard InChI is InChI=1S/C17H25FN2/c1-13-7-8-15(18)11-14(13)12-20-10-3-2-6-17(20)16-5-4-9-19-16/h7-8,11,16-17,19H,2-6,9-10,12H2,1H3. The summed E-state index contributed by atoms with van der Waals surface area (Å²) in [5.74, 6) is -0.113. The smallest absolute Gasteiger partial charge is 0.123 e. The Morgan fingerprint density at radius 1 is 1.25 bits per heavy atom. The molecule has 20 heavy (non-hydrogen) atoms. The molecule has 0 bridgehead atoms. The molecule has 2 aliphatic rings. The van der Waals surface area contributed by atoms with Gasteiger partial charge in [0, 0.05) is 18.6 Å². The zero-order valence-electron chi connectivity index (χ0n) is 12.4. The van der Waals surface area contributed by atoms with Gasteiger partial charge < -0.3 is 5.32 Å². The largest absolute Gasteiger partial charge is 0.312 e. The van der Waals surface area contributed by atoms with E-state index in [-0.39, 0.29) is 5.82 Å². The minimum Gasteiger partial charge on any atom is -0.312 e. The number of nitrogens with zero attached hydrogens (tertiary/aromatic N) is 1. The van der Waals surface area contributed by atoms with Crippen LogP contribution in [-0.4, -0.2) is 30.1 Å². The van der Waals surface area contributed by atoms with Crippen LogP contribution in [0.1, 0.15) is 43.2 Å². The molecule has 1 aromatic carbocycles. The summed E-state index contributed by atoms with van der Waals surface area (Å²) in [6, 6.07) is 6.45. The van der Waals surface area contributed by atoms with E-state index in [1.165, 1.54) is 37.7 Å². The summed E-state index contributed by atoms with van der Waals surface area (Å²) in [6.07, 6.45) is 6.49. The molecule has 1 aromatic rings. The van der Waals surface area contributed by atoms with Gasteiger partial charge in [-0.2, -0.15) is 0 Å². The average Bonchev–Trinajstić information content (AvgIpc) is 2.97. The van der Waals surface area contributed by atoms with Crippen LogP contribution in [0.2, 0.25) is 0 Å². The highest BCUT2D eigenvalue weighted by atomic mass is 19.1. The van der Waals surface area contributed by atoms with Crippen molar-refractivity contribution in [2.45, 2.75) is 57.7 Å². The summed E-state index contributed by atoms with van der Waals surface area (Å²) in [5.41, 5.74) is 2.35. The molecule has 2 fully saturated rings. The highest BCUT2D eigenvalue weighted by molar-refractivity contribution is 5.26. The van der Waals surface area contributed by atoms with Gasteiger partial charge in [-0.05, 0) is 69.0 Å². The van der Waals surface area contributed by atoms with Crippen LogP contribution in [0.4, 0.5) is 4.39 Å². The number of piperidine rings is 1. The van der Waals surface area contributed by atoms with E-state index in [2.05, 4.69) is 17.1 Å². The summed E-state index contributed by atoms with van der Waals surface area (Å²) in [6.45, 7) is 5.29. The van der Waals surface area contributed by atoms with Crippen LogP contribution in [0.15, 0.2) is 18.2 Å². The monoisotopic (exact) mass is 276 g/mol. The van der Waals surface area contributed by atoms with Crippen molar-refractivity contribution in [2.24, 2.45) is 0 Å². The van der Waals surface area contributed by atoms with Gasteiger partial charge >= 0.3 is 0 Å². The topological polar surface area (TPSA) is 15.3 Å². The van der Waals surface area contributed by atoms with Crippen molar-refractivity contribution in [3.05, 3.63) is 35.1 Å². The highest BCUT2D eigenvalue weighted by Crippen LogP contribution is 2.26. The first-order valence-electron chi connectivity index (χ1n) is 7.96. The van der Waals surface area contributed by atoms with Crippen LogP contribution >= 0.6 is 0 Å². The Hall–Kier alpha value is -0.930. The molecule has 1 N–H and O–H groups in total. The summed E-state index contributed by atoms with van der Waals surface area (Å²) < 4.78 is 13.5. The third-order valence-electron chi connectivity index (χ3n) is 4.91. The molecule has 0 aromatic heterocycles. The van der Waals surface area contributed by atoms with E-state index in [0.717, 1.165) is 25.2 Å². The lowest BCUT2D eigenvalue weighted by Crippen LogP contribution is -2.49. The van der Waals surface area contributed by atoms with Crippen molar-refractivity contribution in [3.63, 3.8) is 0 Å². The van der Waals surface area contributed by atoms with Crippen LogP contribution in [0.25, 0.3) is 0 Å². The quantitative estimate of drug-likeness (QED) is 0.911. The molecule has 3 rings (SSSR count). The lowest BCUT2D eigenvalue weighted by molar-refractivity contribution is 0.112. The molecular formula is C17H25FN2. The average molecular weight is 276 g/mol. The third-order valence-corrected chi connectivity index (χ3v) is 4.91. The lowest BCUT2D eigenvalue weighted by Gasteiger charge is -2.39. The van der Waals surface area contributed by atoms with Gasteiger partial charge in [-0.3, -0.25) is 4.90 Å². The Bertz CT molecular complexity index is 454. The predicted molar refractivity (Wildman–Crippen MR) is 80.2 cm³/mol. The Balaban J connectivity index is 1.74. The molecule has 110 valence electrons. The van der Waals surface area contributed by atoms with Gasteiger partial charge in [-0.15, -0.1) is 0 Å². The van der Waals surface area contributed by atoms with Crippen molar-refractivity contribution in [1.29, 1.82) is 0 Å². The molecule has 0 amide bonds. The van der Waals surface area contributed by atoms with Crippen LogP contribution < -0.4 is 5.32 Å². The SMILES string of the molecule is Cc1ccc(F)cc1CN1CCCCC1C1CCCN1. The zero-order valence-corrected chi connectivity index (χ0v) is 12.4. The van der Waals surface area contributed by atoms with Crippen LogP contribution in [0, 0.1) is 12.7 Å². The van der Waals surface area contributed by atoms with Gasteiger partial charge in [0.1, 0.15) is 5.82 Å². The first-order chi connectivity index (χ1) is 9.74. The van der Waals surface area contributed by atoms with Gasteiger partial charge in [0.05, 0.1) is 0 Å². The maximum Gasteiger partial charge on any atom is 0.123 e. The number of likely N-dealkylation sites (tertiary alicyclic amines) is 1. The van der Waals surface area contributed by atoms with E-state index >= 15 is 0 Å². The fourth-order valence-electron chi connectivity index (χ4n) is 3.74. The molecule has 0 spiro atoms. The van der Waals surface area contributed by atoms with E-state index < -0.39 is 0 Å². The van der Waals surface area contributed by atoms with Crippen molar-refractivity contribution in [2.75, 3.05) is 13.1 Å². The second kappa shape index (κ2) is 6.23. The van der Waals surface area contributed by atoms with E-state index in [0.29, 0.717) is 12.1 Å². The summed E-state index contributed by atoms with van der Waals surface area (Å²) in [4.78, 5) is 2.58. The molecule has 2 heterocycles. The van der Waals surface area contributed by atoms with E-state index in [1.807, 2.05) is 6.07 Å². The molecule has 0 aliphatic carbocycles. The Morgan fingerprint density at radius 3 is 2.95 bits per heavy atom. The first kappa shape index (κ1) is 14.0. The Labute approximate surface area is 121 Å². The second-order valence-electron chi connectivity index (χ2n) is 6.31. The van der Waals surface area contributed by atoms with Crippen molar-refractivity contribution in [3.8, 4) is 0 Å². The van der Waals surface area contributed by atoms with Crippen LogP contribution in [0.3, 0.4) is 0 Å². The molecule has 0 radical (unpaired) electrons. The van der Waals surface area contributed by atoms with Gasteiger partial charge in [0.15, 0.2) is 0 Å². The summed E-state index contributed by atoms with van der Waals surface area (Å²) in [7, 11) is 0. The van der Waals surface area contributed by atoms with Gasteiger partial charge in [0.2, 0.25) is 0 Å². The molecule has 2 atom stereocenters. The van der Waals surface area contributed by atoms with E-state index in [9.17, 15) is 4.39 Å². The zero-order chi connectivity index (χ0) is 13.9. The van der Waals surface area contributed by atoms with Crippen molar-refractivity contribution < 1.29 is 4.39 Å². The molecule has 2 nitrogen and oxygen atoms in total. The number of halogens is 1. The minimum absolute atomic E-state index is 0.113. The van der Waals surface area contributed by atoms with Crippen molar-refractivity contribution >= 4 is 0 Å². The fourth-order valence-corrected chi connectivity index (χ4v) is 3.74. The second-order valence-corrected chi connectivity index (χ2v) is 6.31. The third kappa shape index (κ3) is 3.04. The number of aryl methyl sites for hydroxylation is 1. The van der Waals surface area contributed by atoms with Gasteiger partial charge in [0.25, 0.3) is 0 Å². The number of hydrogen-bond donors (Lipinski definition) is 1. The number of hydrogen-bond acceptors (Lipinski definition) is 2. The van der Waals surface area contributed by atoms with Crippen LogP contribution in [-0.2, 0) is 6.54 Å². The lowest BCUT2D eigenvalue weighted by atomic mass is 9.93. The normalized spacial score (nSPS) is 27.9. The number of benzene rings is 1. The maximum atomic E-state index is 13.5. The van der Waals surface area contributed by atoms with E-state index in [1.54, 1.807) is 12.1 Å². The van der Waals surface area contributed by atoms with E-state index in [4.69, 9.17) is 0 Å². The minimum atomic E-state index is -0.113. The molecule has 2 aliphatic heterocycles. The maximum absolute atomic E-state index is 13.5. The molecule has 3 heteroatoms.